The van der Waals surface area contributed by atoms with E-state index in [1.165, 1.54) is 0 Å². The number of nitrogens with zero attached hydrogens (tertiary/aromatic N) is 3. The standard InChI is InChI=1S/C17H22N4O3/c1-2-18-17(24)20-9-7-19(8-10-20)15(22)12-21-11-13-5-3-4-6-14(13)16(21)23/h3-6H,2,7-12H2,1H3,(H,18,24). The highest BCUT2D eigenvalue weighted by Crippen LogP contribution is 2.22. The smallest absolute Gasteiger partial charge is 0.317 e. The number of fused-ring (bicyclic) bond motifs is 1. The van der Waals surface area contributed by atoms with Gasteiger partial charge in [-0.25, -0.2) is 4.79 Å². The zero-order valence-corrected chi connectivity index (χ0v) is 13.8. The molecular formula is C17H22N4O3. The quantitative estimate of drug-likeness (QED) is 0.878. The molecule has 1 aromatic rings. The summed E-state index contributed by atoms with van der Waals surface area (Å²) in [5, 5.41) is 2.76. The molecule has 1 saturated heterocycles. The highest BCUT2D eigenvalue weighted by Gasteiger charge is 2.31. The van der Waals surface area contributed by atoms with Crippen LogP contribution in [0, 0.1) is 0 Å². The summed E-state index contributed by atoms with van der Waals surface area (Å²) in [6.45, 7) is 5.10. The van der Waals surface area contributed by atoms with Crippen molar-refractivity contribution in [3.8, 4) is 0 Å². The van der Waals surface area contributed by atoms with E-state index in [2.05, 4.69) is 5.32 Å². The largest absolute Gasteiger partial charge is 0.338 e. The first-order valence-corrected chi connectivity index (χ1v) is 8.28. The maximum Gasteiger partial charge on any atom is 0.317 e. The predicted molar refractivity (Wildman–Crippen MR) is 88.4 cm³/mol. The fourth-order valence-corrected chi connectivity index (χ4v) is 3.13. The van der Waals surface area contributed by atoms with Crippen molar-refractivity contribution in [2.45, 2.75) is 13.5 Å². The Kier molecular flexibility index (Phi) is 4.69. The summed E-state index contributed by atoms with van der Waals surface area (Å²) < 4.78 is 0. The van der Waals surface area contributed by atoms with Gasteiger partial charge in [0.15, 0.2) is 0 Å². The van der Waals surface area contributed by atoms with Crippen molar-refractivity contribution in [1.29, 1.82) is 0 Å². The van der Waals surface area contributed by atoms with Gasteiger partial charge >= 0.3 is 6.03 Å². The molecule has 3 rings (SSSR count). The van der Waals surface area contributed by atoms with Crippen molar-refractivity contribution < 1.29 is 14.4 Å². The van der Waals surface area contributed by atoms with Crippen LogP contribution in [0.25, 0.3) is 0 Å². The van der Waals surface area contributed by atoms with Gasteiger partial charge in [-0.15, -0.1) is 0 Å². The Bertz CT molecular complexity index is 653. The Balaban J connectivity index is 1.52. The van der Waals surface area contributed by atoms with Crippen LogP contribution >= 0.6 is 0 Å². The third-order valence-electron chi connectivity index (χ3n) is 4.47. The van der Waals surface area contributed by atoms with Crippen LogP contribution < -0.4 is 5.32 Å². The topological polar surface area (TPSA) is 73.0 Å². The van der Waals surface area contributed by atoms with E-state index in [-0.39, 0.29) is 24.4 Å². The molecule has 2 heterocycles. The molecule has 128 valence electrons. The van der Waals surface area contributed by atoms with Gasteiger partial charge in [0.05, 0.1) is 0 Å². The van der Waals surface area contributed by atoms with Crippen LogP contribution in [0.2, 0.25) is 0 Å². The van der Waals surface area contributed by atoms with Gasteiger partial charge in [-0.1, -0.05) is 18.2 Å². The second kappa shape index (κ2) is 6.90. The zero-order chi connectivity index (χ0) is 17.1. The molecule has 2 aliphatic heterocycles. The first-order chi connectivity index (χ1) is 11.6. The van der Waals surface area contributed by atoms with E-state index in [4.69, 9.17) is 0 Å². The average molecular weight is 330 g/mol. The Labute approximate surface area is 141 Å². The summed E-state index contributed by atoms with van der Waals surface area (Å²) >= 11 is 0. The number of amides is 4. The monoisotopic (exact) mass is 330 g/mol. The van der Waals surface area contributed by atoms with Crippen LogP contribution in [0.1, 0.15) is 22.8 Å². The molecule has 2 aliphatic rings. The van der Waals surface area contributed by atoms with Gasteiger partial charge in [-0.3, -0.25) is 9.59 Å². The average Bonchev–Trinajstić information content (AvgIpc) is 2.91. The fraction of sp³-hybridized carbons (Fsp3) is 0.471. The number of urea groups is 1. The van der Waals surface area contributed by atoms with E-state index in [9.17, 15) is 14.4 Å². The number of rotatable bonds is 3. The summed E-state index contributed by atoms with van der Waals surface area (Å²) in [6, 6.07) is 7.37. The lowest BCUT2D eigenvalue weighted by Gasteiger charge is -2.35. The minimum absolute atomic E-state index is 0.0632. The molecule has 4 amide bonds. The zero-order valence-electron chi connectivity index (χ0n) is 13.8. The minimum atomic E-state index is -0.0882. The second-order valence-corrected chi connectivity index (χ2v) is 6.02. The van der Waals surface area contributed by atoms with E-state index in [0.717, 1.165) is 5.56 Å². The highest BCUT2D eigenvalue weighted by atomic mass is 16.2. The lowest BCUT2D eigenvalue weighted by Crippen LogP contribution is -2.54. The van der Waals surface area contributed by atoms with Crippen LogP contribution in [0.4, 0.5) is 4.79 Å². The molecular weight excluding hydrogens is 308 g/mol. The van der Waals surface area contributed by atoms with E-state index in [1.807, 2.05) is 25.1 Å². The Hall–Kier alpha value is -2.57. The fourth-order valence-electron chi connectivity index (χ4n) is 3.13. The molecule has 0 aliphatic carbocycles. The van der Waals surface area contributed by atoms with Gasteiger partial charge in [0.25, 0.3) is 5.91 Å². The molecule has 0 bridgehead atoms. The molecule has 0 unspecified atom stereocenters. The van der Waals surface area contributed by atoms with E-state index in [0.29, 0.717) is 44.8 Å². The predicted octanol–water partition coefficient (Wildman–Crippen LogP) is 0.516. The van der Waals surface area contributed by atoms with Crippen LogP contribution in [0.3, 0.4) is 0 Å². The summed E-state index contributed by atoms with van der Waals surface area (Å²) in [4.78, 5) is 41.6. The van der Waals surface area contributed by atoms with Crippen molar-refractivity contribution in [2.24, 2.45) is 0 Å². The first kappa shape index (κ1) is 16.3. The first-order valence-electron chi connectivity index (χ1n) is 8.28. The summed E-state index contributed by atoms with van der Waals surface area (Å²) in [5.74, 6) is -0.147. The van der Waals surface area contributed by atoms with Gasteiger partial charge in [-0.2, -0.15) is 0 Å². The van der Waals surface area contributed by atoms with Gasteiger partial charge in [0, 0.05) is 44.8 Å². The number of carbonyl (C=O) groups is 3. The van der Waals surface area contributed by atoms with Crippen LogP contribution in [0.5, 0.6) is 0 Å². The Morgan fingerprint density at radius 3 is 2.42 bits per heavy atom. The molecule has 1 fully saturated rings. The van der Waals surface area contributed by atoms with Crippen molar-refractivity contribution in [3.63, 3.8) is 0 Å². The van der Waals surface area contributed by atoms with Gasteiger partial charge in [0.1, 0.15) is 6.54 Å². The molecule has 7 heteroatoms. The van der Waals surface area contributed by atoms with Gasteiger partial charge in [-0.05, 0) is 18.6 Å². The maximum atomic E-state index is 12.5. The molecule has 0 spiro atoms. The number of benzene rings is 1. The molecule has 0 saturated carbocycles. The van der Waals surface area contributed by atoms with Crippen molar-refractivity contribution >= 4 is 17.8 Å². The molecule has 0 radical (unpaired) electrons. The molecule has 24 heavy (non-hydrogen) atoms. The van der Waals surface area contributed by atoms with Gasteiger partial charge < -0.3 is 20.0 Å². The normalized spacial score (nSPS) is 17.0. The SMILES string of the molecule is CCNC(=O)N1CCN(C(=O)CN2Cc3ccccc3C2=O)CC1. The third kappa shape index (κ3) is 3.20. The minimum Gasteiger partial charge on any atom is -0.338 e. The van der Waals surface area contributed by atoms with Crippen LogP contribution in [0.15, 0.2) is 24.3 Å². The molecule has 7 nitrogen and oxygen atoms in total. The van der Waals surface area contributed by atoms with E-state index >= 15 is 0 Å². The van der Waals surface area contributed by atoms with Gasteiger partial charge in [0.2, 0.25) is 5.91 Å². The number of carbonyl (C=O) groups excluding carboxylic acids is 3. The van der Waals surface area contributed by atoms with E-state index < -0.39 is 0 Å². The summed E-state index contributed by atoms with van der Waals surface area (Å²) in [7, 11) is 0. The molecule has 0 aromatic heterocycles. The van der Waals surface area contributed by atoms with Crippen molar-refractivity contribution in [3.05, 3.63) is 35.4 Å². The second-order valence-electron chi connectivity index (χ2n) is 6.02. The number of hydrogen-bond donors (Lipinski definition) is 1. The molecule has 1 aromatic carbocycles. The third-order valence-corrected chi connectivity index (χ3v) is 4.47. The highest BCUT2D eigenvalue weighted by molar-refractivity contribution is 6.00. The van der Waals surface area contributed by atoms with Crippen LogP contribution in [-0.2, 0) is 11.3 Å². The Morgan fingerprint density at radius 1 is 1.08 bits per heavy atom. The Morgan fingerprint density at radius 2 is 1.75 bits per heavy atom. The lowest BCUT2D eigenvalue weighted by atomic mass is 10.1. The van der Waals surface area contributed by atoms with E-state index in [1.54, 1.807) is 20.8 Å². The van der Waals surface area contributed by atoms with Crippen molar-refractivity contribution in [1.82, 2.24) is 20.0 Å². The molecule has 1 N–H and O–H groups in total. The summed E-state index contributed by atoms with van der Waals surface area (Å²) in [5.41, 5.74) is 1.66. The summed E-state index contributed by atoms with van der Waals surface area (Å²) in [6.07, 6.45) is 0. The number of nitrogens with one attached hydrogen (secondary N) is 1. The van der Waals surface area contributed by atoms with Crippen LogP contribution in [-0.4, -0.2) is 71.8 Å². The number of piperazine rings is 1. The number of hydrogen-bond acceptors (Lipinski definition) is 3. The maximum absolute atomic E-state index is 12.5. The van der Waals surface area contributed by atoms with Crippen molar-refractivity contribution in [2.75, 3.05) is 39.3 Å². The lowest BCUT2D eigenvalue weighted by molar-refractivity contribution is -0.133. The molecule has 0 atom stereocenters.